The second-order valence-corrected chi connectivity index (χ2v) is 10.7. The SMILES string of the molecule is COc1cc(/C=C(/C#N)C(=O)Nc2nnc(S(C)(=O)=O)s2)cc(Cl)c1OCCCOc1ccccc1. The van der Waals surface area contributed by atoms with E-state index in [2.05, 4.69) is 15.5 Å². The fourth-order valence-corrected chi connectivity index (χ4v) is 4.57. The highest BCUT2D eigenvalue weighted by molar-refractivity contribution is 7.92. The third-order valence-corrected chi connectivity index (χ3v) is 7.21. The molecule has 0 saturated heterocycles. The lowest BCUT2D eigenvalue weighted by atomic mass is 10.1. The number of amides is 1. The molecule has 3 aromatic rings. The van der Waals surface area contributed by atoms with Crippen molar-refractivity contribution in [2.75, 3.05) is 31.9 Å². The van der Waals surface area contributed by atoms with Crippen LogP contribution in [0.2, 0.25) is 5.02 Å². The number of hydrogen-bond acceptors (Lipinski definition) is 10. The number of carbonyl (C=O) groups excluding carboxylic acids is 1. The van der Waals surface area contributed by atoms with Crippen LogP contribution in [-0.2, 0) is 14.6 Å². The Labute approximate surface area is 217 Å². The van der Waals surface area contributed by atoms with Crippen LogP contribution in [0.3, 0.4) is 0 Å². The van der Waals surface area contributed by atoms with Crippen LogP contribution in [0.25, 0.3) is 6.08 Å². The van der Waals surface area contributed by atoms with Crippen LogP contribution in [0.4, 0.5) is 5.13 Å². The molecule has 0 unspecified atom stereocenters. The van der Waals surface area contributed by atoms with Crippen molar-refractivity contribution in [3.8, 4) is 23.3 Å². The summed E-state index contributed by atoms with van der Waals surface area (Å²) in [6.45, 7) is 0.771. The van der Waals surface area contributed by atoms with Gasteiger partial charge in [-0.05, 0) is 35.9 Å². The third kappa shape index (κ3) is 7.42. The highest BCUT2D eigenvalue weighted by Gasteiger charge is 2.18. The number of methoxy groups -OCH3 is 1. The van der Waals surface area contributed by atoms with Crippen LogP contribution < -0.4 is 19.5 Å². The first-order valence-electron chi connectivity index (χ1n) is 10.4. The van der Waals surface area contributed by atoms with Gasteiger partial charge >= 0.3 is 0 Å². The minimum atomic E-state index is -3.57. The molecule has 1 N–H and O–H groups in total. The zero-order valence-corrected chi connectivity index (χ0v) is 21.6. The smallest absolute Gasteiger partial charge is 0.268 e. The Bertz CT molecular complexity index is 1400. The van der Waals surface area contributed by atoms with Crippen molar-refractivity contribution >= 4 is 49.9 Å². The maximum absolute atomic E-state index is 12.5. The van der Waals surface area contributed by atoms with Gasteiger partial charge in [-0.2, -0.15) is 5.26 Å². The van der Waals surface area contributed by atoms with Crippen LogP contribution in [0.15, 0.2) is 52.4 Å². The van der Waals surface area contributed by atoms with Crippen LogP contribution >= 0.6 is 22.9 Å². The Morgan fingerprint density at radius 2 is 1.92 bits per heavy atom. The van der Waals surface area contributed by atoms with Crippen molar-refractivity contribution in [1.29, 1.82) is 5.26 Å². The molecular formula is C23H21ClN4O6S2. The van der Waals surface area contributed by atoms with Gasteiger partial charge in [0.15, 0.2) is 11.5 Å². The molecule has 1 amide bonds. The number of para-hydroxylation sites is 1. The lowest BCUT2D eigenvalue weighted by Gasteiger charge is -2.14. The van der Waals surface area contributed by atoms with Gasteiger partial charge in [0.25, 0.3) is 5.91 Å². The molecule has 0 aliphatic heterocycles. The number of ether oxygens (including phenoxy) is 3. The largest absolute Gasteiger partial charge is 0.493 e. The van der Waals surface area contributed by atoms with E-state index in [9.17, 15) is 18.5 Å². The molecular weight excluding hydrogens is 528 g/mol. The van der Waals surface area contributed by atoms with E-state index in [-0.39, 0.29) is 20.1 Å². The molecule has 0 aliphatic carbocycles. The number of nitrogens with zero attached hydrogens (tertiary/aromatic N) is 3. The maximum Gasteiger partial charge on any atom is 0.268 e. The first kappa shape index (κ1) is 26.9. The standard InChI is InChI=1S/C23H21ClN4O6S2/c1-32-19-13-15(11-16(14-25)21(29)26-22-27-28-23(35-22)36(2,30)31)12-18(24)20(19)34-10-6-9-33-17-7-4-3-5-8-17/h3-5,7-8,11-13H,6,9-10H2,1-2H3,(H,26,27,29)/b16-11-. The minimum Gasteiger partial charge on any atom is -0.493 e. The van der Waals surface area contributed by atoms with Gasteiger partial charge in [0.1, 0.15) is 17.4 Å². The average Bonchev–Trinajstić information content (AvgIpc) is 3.33. The van der Waals surface area contributed by atoms with E-state index in [4.69, 9.17) is 25.8 Å². The topological polar surface area (TPSA) is 140 Å². The molecule has 2 aromatic carbocycles. The van der Waals surface area contributed by atoms with Crippen LogP contribution in [-0.4, -0.2) is 51.1 Å². The van der Waals surface area contributed by atoms with Gasteiger partial charge in [0, 0.05) is 12.7 Å². The fraction of sp³-hybridized carbons (Fsp3) is 0.217. The lowest BCUT2D eigenvalue weighted by Crippen LogP contribution is -2.13. The molecule has 10 nitrogen and oxygen atoms in total. The zero-order valence-electron chi connectivity index (χ0n) is 19.2. The van der Waals surface area contributed by atoms with Gasteiger partial charge in [0.05, 0.1) is 25.3 Å². The summed E-state index contributed by atoms with van der Waals surface area (Å²) in [6.07, 6.45) is 2.88. The second kappa shape index (κ2) is 12.3. The molecule has 188 valence electrons. The number of anilines is 1. The predicted octanol–water partition coefficient (Wildman–Crippen LogP) is 4.00. The Morgan fingerprint density at radius 3 is 2.56 bits per heavy atom. The highest BCUT2D eigenvalue weighted by atomic mass is 35.5. The van der Waals surface area contributed by atoms with Crippen molar-refractivity contribution in [2.45, 2.75) is 10.8 Å². The maximum atomic E-state index is 12.5. The number of aromatic nitrogens is 2. The van der Waals surface area contributed by atoms with E-state index >= 15 is 0 Å². The molecule has 36 heavy (non-hydrogen) atoms. The van der Waals surface area contributed by atoms with Gasteiger partial charge in [-0.15, -0.1) is 10.2 Å². The van der Waals surface area contributed by atoms with E-state index in [1.54, 1.807) is 12.1 Å². The quantitative estimate of drug-likeness (QED) is 0.163. The number of halogens is 1. The zero-order chi connectivity index (χ0) is 26.1. The first-order chi connectivity index (χ1) is 17.2. The van der Waals surface area contributed by atoms with Gasteiger partial charge < -0.3 is 14.2 Å². The van der Waals surface area contributed by atoms with Crippen molar-refractivity contribution in [2.24, 2.45) is 0 Å². The van der Waals surface area contributed by atoms with E-state index in [0.29, 0.717) is 48.0 Å². The molecule has 1 heterocycles. The van der Waals surface area contributed by atoms with E-state index < -0.39 is 15.7 Å². The number of sulfone groups is 1. The number of nitrogens with one attached hydrogen (secondary N) is 1. The molecule has 13 heteroatoms. The molecule has 0 spiro atoms. The van der Waals surface area contributed by atoms with Crippen LogP contribution in [0, 0.1) is 11.3 Å². The van der Waals surface area contributed by atoms with Crippen molar-refractivity contribution in [3.63, 3.8) is 0 Å². The molecule has 1 aromatic heterocycles. The fourth-order valence-electron chi connectivity index (χ4n) is 2.79. The summed E-state index contributed by atoms with van der Waals surface area (Å²) in [4.78, 5) is 12.5. The number of carbonyl (C=O) groups is 1. The summed E-state index contributed by atoms with van der Waals surface area (Å²) in [5.41, 5.74) is 0.147. The third-order valence-electron chi connectivity index (χ3n) is 4.42. The summed E-state index contributed by atoms with van der Waals surface area (Å²) in [5.74, 6) is 0.615. The molecule has 0 saturated carbocycles. The molecule has 0 radical (unpaired) electrons. The minimum absolute atomic E-state index is 0.0582. The van der Waals surface area contributed by atoms with Gasteiger partial charge in [-0.3, -0.25) is 10.1 Å². The molecule has 3 rings (SSSR count). The Kier molecular flexibility index (Phi) is 9.24. The van der Waals surface area contributed by atoms with Crippen LogP contribution in [0.1, 0.15) is 12.0 Å². The normalized spacial score (nSPS) is 11.4. The lowest BCUT2D eigenvalue weighted by molar-refractivity contribution is -0.112. The molecule has 0 bridgehead atoms. The summed E-state index contributed by atoms with van der Waals surface area (Å²) < 4.78 is 39.6. The van der Waals surface area contributed by atoms with Gasteiger partial charge in [-0.25, -0.2) is 8.42 Å². The van der Waals surface area contributed by atoms with Crippen LogP contribution in [0.5, 0.6) is 17.2 Å². The number of nitriles is 1. The summed E-state index contributed by atoms with van der Waals surface area (Å²) in [5, 5.41) is 19.1. The Morgan fingerprint density at radius 1 is 1.19 bits per heavy atom. The molecule has 0 fully saturated rings. The highest BCUT2D eigenvalue weighted by Crippen LogP contribution is 2.37. The summed E-state index contributed by atoms with van der Waals surface area (Å²) in [6, 6.07) is 14.3. The molecule has 0 atom stereocenters. The number of benzene rings is 2. The van der Waals surface area contributed by atoms with Crippen molar-refractivity contribution < 1.29 is 27.4 Å². The molecule has 0 aliphatic rings. The summed E-state index contributed by atoms with van der Waals surface area (Å²) >= 11 is 7.06. The second-order valence-electron chi connectivity index (χ2n) is 7.17. The van der Waals surface area contributed by atoms with Gasteiger partial charge in [-0.1, -0.05) is 41.1 Å². The Balaban J connectivity index is 1.66. The average molecular weight is 549 g/mol. The van der Waals surface area contributed by atoms with Gasteiger partial charge in [0.2, 0.25) is 19.3 Å². The summed E-state index contributed by atoms with van der Waals surface area (Å²) in [7, 11) is -2.12. The van der Waals surface area contributed by atoms with E-state index in [1.165, 1.54) is 19.3 Å². The van der Waals surface area contributed by atoms with E-state index in [1.807, 2.05) is 30.3 Å². The number of rotatable bonds is 11. The monoisotopic (exact) mass is 548 g/mol. The van der Waals surface area contributed by atoms with E-state index in [0.717, 1.165) is 12.0 Å². The number of hydrogen-bond donors (Lipinski definition) is 1. The Hall–Kier alpha value is -3.66. The predicted molar refractivity (Wildman–Crippen MR) is 135 cm³/mol. The van der Waals surface area contributed by atoms with Crippen molar-refractivity contribution in [1.82, 2.24) is 10.2 Å². The first-order valence-corrected chi connectivity index (χ1v) is 13.4. The van der Waals surface area contributed by atoms with Crippen molar-refractivity contribution in [3.05, 3.63) is 58.6 Å².